The third-order valence-electron chi connectivity index (χ3n) is 1.94. The van der Waals surface area contributed by atoms with Gasteiger partial charge in [-0.2, -0.15) is 5.26 Å². The van der Waals surface area contributed by atoms with E-state index >= 15 is 0 Å². The number of carbonyl (C=O) groups excluding carboxylic acids is 1. The molecule has 0 fully saturated rings. The van der Waals surface area contributed by atoms with Crippen molar-refractivity contribution in [2.24, 2.45) is 0 Å². The molecule has 84 valence electrons. The van der Waals surface area contributed by atoms with Crippen molar-refractivity contribution in [1.82, 2.24) is 0 Å². The molecule has 0 aromatic heterocycles. The highest BCUT2D eigenvalue weighted by Gasteiger charge is 2.14. The Morgan fingerprint density at radius 1 is 1.62 bits per heavy atom. The number of esters is 1. The van der Waals surface area contributed by atoms with Crippen molar-refractivity contribution in [2.75, 3.05) is 6.61 Å². The monoisotopic (exact) mass is 349 g/mol. The molecule has 3 nitrogen and oxygen atoms in total. The predicted octanol–water partition coefficient (Wildman–Crippen LogP) is 2.92. The summed E-state index contributed by atoms with van der Waals surface area (Å²) < 4.78 is 5.57. The average molecular weight is 350 g/mol. The largest absolute Gasteiger partial charge is 0.466 e. The molecule has 0 radical (unpaired) electrons. The van der Waals surface area contributed by atoms with Crippen molar-refractivity contribution in [3.05, 3.63) is 31.9 Å². The molecule has 0 atom stereocenters. The second-order valence-electron chi connectivity index (χ2n) is 2.98. The summed E-state index contributed by atoms with van der Waals surface area (Å²) in [6.07, 6.45) is 0.0789. The second kappa shape index (κ2) is 6.06. The minimum Gasteiger partial charge on any atom is -0.466 e. The van der Waals surface area contributed by atoms with Crippen LogP contribution in [0.4, 0.5) is 0 Å². The highest BCUT2D eigenvalue weighted by molar-refractivity contribution is 14.1. The first kappa shape index (κ1) is 13.3. The van der Waals surface area contributed by atoms with Crippen molar-refractivity contribution in [1.29, 1.82) is 5.26 Å². The number of hydrogen-bond acceptors (Lipinski definition) is 3. The molecular formula is C11H9ClINO2. The Morgan fingerprint density at radius 3 is 2.88 bits per heavy atom. The van der Waals surface area contributed by atoms with E-state index < -0.39 is 0 Å². The molecule has 0 saturated heterocycles. The van der Waals surface area contributed by atoms with E-state index in [-0.39, 0.29) is 12.4 Å². The summed E-state index contributed by atoms with van der Waals surface area (Å²) in [5.74, 6) is -0.348. The molecule has 5 heteroatoms. The van der Waals surface area contributed by atoms with E-state index in [4.69, 9.17) is 21.6 Å². The zero-order chi connectivity index (χ0) is 12.1. The van der Waals surface area contributed by atoms with Gasteiger partial charge in [0, 0.05) is 3.57 Å². The Hall–Kier alpha value is -0.800. The van der Waals surface area contributed by atoms with Crippen molar-refractivity contribution >= 4 is 40.2 Å². The van der Waals surface area contributed by atoms with Crippen LogP contribution in [0.15, 0.2) is 12.1 Å². The van der Waals surface area contributed by atoms with Crippen LogP contribution in [-0.2, 0) is 16.0 Å². The molecule has 0 bridgehead atoms. The van der Waals surface area contributed by atoms with E-state index in [2.05, 4.69) is 0 Å². The van der Waals surface area contributed by atoms with Gasteiger partial charge in [-0.15, -0.1) is 0 Å². The fourth-order valence-corrected chi connectivity index (χ4v) is 2.06. The van der Waals surface area contributed by atoms with Crippen LogP contribution in [0.5, 0.6) is 0 Å². The Morgan fingerprint density at radius 2 is 2.31 bits per heavy atom. The van der Waals surface area contributed by atoms with E-state index in [9.17, 15) is 4.79 Å². The maximum absolute atomic E-state index is 11.4. The van der Waals surface area contributed by atoms with Crippen LogP contribution in [0, 0.1) is 14.9 Å². The molecule has 1 rings (SSSR count). The van der Waals surface area contributed by atoms with Gasteiger partial charge in [-0.3, -0.25) is 4.79 Å². The van der Waals surface area contributed by atoms with Crippen LogP contribution in [0.3, 0.4) is 0 Å². The summed E-state index contributed by atoms with van der Waals surface area (Å²) in [6, 6.07) is 5.30. The van der Waals surface area contributed by atoms with Crippen LogP contribution in [-0.4, -0.2) is 12.6 Å². The fourth-order valence-electron chi connectivity index (χ4n) is 1.23. The normalized spacial score (nSPS) is 9.62. The van der Waals surface area contributed by atoms with Crippen LogP contribution >= 0.6 is 34.2 Å². The van der Waals surface area contributed by atoms with E-state index in [0.29, 0.717) is 22.8 Å². The Bertz CT molecular complexity index is 454. The summed E-state index contributed by atoms with van der Waals surface area (Å²) in [4.78, 5) is 11.4. The minimum absolute atomic E-state index is 0.0789. The van der Waals surface area contributed by atoms with Gasteiger partial charge in [0.25, 0.3) is 0 Å². The zero-order valence-corrected chi connectivity index (χ0v) is 11.5. The standard InChI is InChI=1S/C11H9ClINO2/c1-2-16-10(15)5-8-7(6-14)3-4-9(12)11(8)13/h3-4H,2,5H2,1H3. The van der Waals surface area contributed by atoms with Crippen molar-refractivity contribution in [3.63, 3.8) is 0 Å². The third kappa shape index (κ3) is 3.09. The van der Waals surface area contributed by atoms with Gasteiger partial charge in [-0.25, -0.2) is 0 Å². The number of rotatable bonds is 3. The highest BCUT2D eigenvalue weighted by Crippen LogP contribution is 2.25. The SMILES string of the molecule is CCOC(=O)Cc1c(C#N)ccc(Cl)c1I. The molecule has 1 aromatic carbocycles. The van der Waals surface area contributed by atoms with E-state index in [0.717, 1.165) is 3.57 Å². The number of carbonyl (C=O) groups is 1. The first-order valence-electron chi connectivity index (χ1n) is 4.62. The predicted molar refractivity (Wildman–Crippen MR) is 69.2 cm³/mol. The van der Waals surface area contributed by atoms with Crippen molar-refractivity contribution in [2.45, 2.75) is 13.3 Å². The van der Waals surface area contributed by atoms with Gasteiger partial charge < -0.3 is 4.74 Å². The number of nitriles is 1. The number of halogens is 2. The molecule has 0 unspecified atom stereocenters. The summed E-state index contributed by atoms with van der Waals surface area (Å²) >= 11 is 7.96. The lowest BCUT2D eigenvalue weighted by Crippen LogP contribution is -2.10. The van der Waals surface area contributed by atoms with E-state index in [1.54, 1.807) is 19.1 Å². The van der Waals surface area contributed by atoms with E-state index in [1.165, 1.54) is 0 Å². The Kier molecular flexibility index (Phi) is 5.03. The number of hydrogen-bond donors (Lipinski definition) is 0. The van der Waals surface area contributed by atoms with Gasteiger partial charge in [0.05, 0.1) is 29.7 Å². The molecule has 0 amide bonds. The molecule has 0 aliphatic rings. The van der Waals surface area contributed by atoms with Gasteiger partial charge in [-0.1, -0.05) is 11.6 Å². The number of ether oxygens (including phenoxy) is 1. The first-order chi connectivity index (χ1) is 7.60. The van der Waals surface area contributed by atoms with Gasteiger partial charge in [0.2, 0.25) is 0 Å². The van der Waals surface area contributed by atoms with Gasteiger partial charge in [0.1, 0.15) is 0 Å². The minimum atomic E-state index is -0.348. The lowest BCUT2D eigenvalue weighted by Gasteiger charge is -2.07. The smallest absolute Gasteiger partial charge is 0.310 e. The van der Waals surface area contributed by atoms with E-state index in [1.807, 2.05) is 28.7 Å². The molecule has 1 aromatic rings. The van der Waals surface area contributed by atoms with Crippen LogP contribution < -0.4 is 0 Å². The van der Waals surface area contributed by atoms with Crippen molar-refractivity contribution in [3.8, 4) is 6.07 Å². The molecule has 0 heterocycles. The molecule has 0 N–H and O–H groups in total. The summed E-state index contributed by atoms with van der Waals surface area (Å²) in [7, 11) is 0. The highest BCUT2D eigenvalue weighted by atomic mass is 127. The Balaban J connectivity index is 3.07. The number of nitrogens with zero attached hydrogens (tertiary/aromatic N) is 1. The topological polar surface area (TPSA) is 50.1 Å². The third-order valence-corrected chi connectivity index (χ3v) is 3.81. The maximum Gasteiger partial charge on any atom is 0.310 e. The van der Waals surface area contributed by atoms with Crippen molar-refractivity contribution < 1.29 is 9.53 Å². The molecule has 0 aliphatic heterocycles. The van der Waals surface area contributed by atoms with Crippen LogP contribution in [0.25, 0.3) is 0 Å². The summed E-state index contributed by atoms with van der Waals surface area (Å²) in [5, 5.41) is 9.47. The quantitative estimate of drug-likeness (QED) is 0.623. The second-order valence-corrected chi connectivity index (χ2v) is 4.47. The summed E-state index contributed by atoms with van der Waals surface area (Å²) in [5.41, 5.74) is 1.09. The lowest BCUT2D eigenvalue weighted by molar-refractivity contribution is -0.142. The average Bonchev–Trinajstić information content (AvgIpc) is 2.25. The van der Waals surface area contributed by atoms with Gasteiger partial charge in [0.15, 0.2) is 0 Å². The maximum atomic E-state index is 11.4. The van der Waals surface area contributed by atoms with Crippen LogP contribution in [0.1, 0.15) is 18.1 Å². The zero-order valence-electron chi connectivity index (χ0n) is 8.59. The van der Waals surface area contributed by atoms with Gasteiger partial charge >= 0.3 is 5.97 Å². The molecule has 0 spiro atoms. The van der Waals surface area contributed by atoms with Gasteiger partial charge in [-0.05, 0) is 47.2 Å². The summed E-state index contributed by atoms with van der Waals surface area (Å²) in [6.45, 7) is 2.07. The number of benzene rings is 1. The van der Waals surface area contributed by atoms with Crippen LogP contribution in [0.2, 0.25) is 5.02 Å². The fraction of sp³-hybridized carbons (Fsp3) is 0.273. The molecular weight excluding hydrogens is 340 g/mol. The first-order valence-corrected chi connectivity index (χ1v) is 6.08. The molecule has 0 aliphatic carbocycles. The lowest BCUT2D eigenvalue weighted by atomic mass is 10.1. The molecule has 0 saturated carbocycles. The Labute approximate surface area is 112 Å². The molecule has 16 heavy (non-hydrogen) atoms.